The highest BCUT2D eigenvalue weighted by molar-refractivity contribution is 6.30. The number of likely N-dealkylation sites (tertiary alicyclic amines) is 1. The molecule has 4 heteroatoms. The molecule has 1 aliphatic heterocycles. The number of halogens is 1. The van der Waals surface area contributed by atoms with E-state index in [1.807, 2.05) is 29.2 Å². The van der Waals surface area contributed by atoms with Crippen molar-refractivity contribution in [3.05, 3.63) is 34.9 Å². The van der Waals surface area contributed by atoms with Crippen molar-refractivity contribution in [3.8, 4) is 0 Å². The Labute approximate surface area is 131 Å². The fourth-order valence-electron chi connectivity index (χ4n) is 2.88. The molecule has 1 atom stereocenters. The monoisotopic (exact) mass is 309 g/mol. The number of hydrogen-bond acceptors (Lipinski definition) is 2. The Bertz CT molecular complexity index is 452. The quantitative estimate of drug-likeness (QED) is 0.898. The Hall–Kier alpha value is -1.06. The van der Waals surface area contributed by atoms with Crippen LogP contribution in [0.15, 0.2) is 24.3 Å². The van der Waals surface area contributed by atoms with E-state index >= 15 is 0 Å². The Kier molecular flexibility index (Phi) is 6.07. The standard InChI is InChI=1S/C17H24ClNO2/c1-2-3-4-16(20)19-11-9-14(10-12-19)17(21)13-5-7-15(18)8-6-13/h5-8,14,17,21H,2-4,9-12H2,1H3. The van der Waals surface area contributed by atoms with E-state index < -0.39 is 6.10 Å². The van der Waals surface area contributed by atoms with Crippen LogP contribution in [0.5, 0.6) is 0 Å². The summed E-state index contributed by atoms with van der Waals surface area (Å²) in [4.78, 5) is 13.9. The molecule has 21 heavy (non-hydrogen) atoms. The zero-order valence-electron chi connectivity index (χ0n) is 12.6. The molecule has 0 radical (unpaired) electrons. The lowest BCUT2D eigenvalue weighted by atomic mass is 9.87. The van der Waals surface area contributed by atoms with Crippen molar-refractivity contribution >= 4 is 17.5 Å². The minimum atomic E-state index is -0.463. The van der Waals surface area contributed by atoms with Gasteiger partial charge in [0.1, 0.15) is 0 Å². The molecule has 0 aromatic heterocycles. The van der Waals surface area contributed by atoms with Crippen LogP contribution in [-0.4, -0.2) is 29.0 Å². The van der Waals surface area contributed by atoms with Crippen molar-refractivity contribution in [2.75, 3.05) is 13.1 Å². The number of nitrogens with zero attached hydrogens (tertiary/aromatic N) is 1. The molecule has 1 saturated heterocycles. The number of amides is 1. The van der Waals surface area contributed by atoms with Crippen LogP contribution in [0.3, 0.4) is 0 Å². The van der Waals surface area contributed by atoms with Crippen LogP contribution in [0.1, 0.15) is 50.7 Å². The summed E-state index contributed by atoms with van der Waals surface area (Å²) in [6.45, 7) is 3.62. The van der Waals surface area contributed by atoms with Crippen LogP contribution in [0.2, 0.25) is 5.02 Å². The largest absolute Gasteiger partial charge is 0.388 e. The van der Waals surface area contributed by atoms with E-state index in [0.717, 1.165) is 44.3 Å². The molecule has 2 rings (SSSR count). The Morgan fingerprint density at radius 2 is 1.95 bits per heavy atom. The van der Waals surface area contributed by atoms with Gasteiger partial charge in [-0.2, -0.15) is 0 Å². The van der Waals surface area contributed by atoms with Gasteiger partial charge in [-0.1, -0.05) is 37.1 Å². The van der Waals surface area contributed by atoms with E-state index in [1.54, 1.807) is 0 Å². The number of aliphatic hydroxyl groups is 1. The van der Waals surface area contributed by atoms with Gasteiger partial charge in [0.05, 0.1) is 6.10 Å². The van der Waals surface area contributed by atoms with Crippen molar-refractivity contribution in [1.29, 1.82) is 0 Å². The highest BCUT2D eigenvalue weighted by atomic mass is 35.5. The number of unbranched alkanes of at least 4 members (excludes halogenated alkanes) is 1. The summed E-state index contributed by atoms with van der Waals surface area (Å²) in [6, 6.07) is 7.38. The molecular weight excluding hydrogens is 286 g/mol. The van der Waals surface area contributed by atoms with Crippen LogP contribution in [0.4, 0.5) is 0 Å². The molecule has 1 N–H and O–H groups in total. The summed E-state index contributed by atoms with van der Waals surface area (Å²) in [5, 5.41) is 11.1. The van der Waals surface area contributed by atoms with Crippen molar-refractivity contribution in [1.82, 2.24) is 4.90 Å². The predicted molar refractivity (Wildman–Crippen MR) is 85.2 cm³/mol. The summed E-state index contributed by atoms with van der Waals surface area (Å²) in [7, 11) is 0. The molecule has 1 aliphatic rings. The van der Waals surface area contributed by atoms with Crippen LogP contribution in [0.25, 0.3) is 0 Å². The highest BCUT2D eigenvalue weighted by Crippen LogP contribution is 2.31. The number of piperidine rings is 1. The average Bonchev–Trinajstić information content (AvgIpc) is 2.53. The zero-order valence-corrected chi connectivity index (χ0v) is 13.4. The molecule has 0 aliphatic carbocycles. The number of hydrogen-bond donors (Lipinski definition) is 1. The molecule has 0 saturated carbocycles. The van der Waals surface area contributed by atoms with Crippen LogP contribution < -0.4 is 0 Å². The number of carbonyl (C=O) groups excluding carboxylic acids is 1. The summed E-state index contributed by atoms with van der Waals surface area (Å²) < 4.78 is 0. The van der Waals surface area contributed by atoms with Crippen LogP contribution in [-0.2, 0) is 4.79 Å². The van der Waals surface area contributed by atoms with Crippen molar-refractivity contribution in [2.24, 2.45) is 5.92 Å². The third-order valence-electron chi connectivity index (χ3n) is 4.29. The van der Waals surface area contributed by atoms with Crippen molar-refractivity contribution in [2.45, 2.75) is 45.1 Å². The molecule has 1 amide bonds. The molecule has 1 fully saturated rings. The number of aliphatic hydroxyl groups excluding tert-OH is 1. The first-order valence-electron chi connectivity index (χ1n) is 7.83. The van der Waals surface area contributed by atoms with Gasteiger partial charge in [0.15, 0.2) is 0 Å². The van der Waals surface area contributed by atoms with Gasteiger partial charge in [-0.15, -0.1) is 0 Å². The zero-order chi connectivity index (χ0) is 15.2. The first kappa shape index (κ1) is 16.3. The van der Waals surface area contributed by atoms with Gasteiger partial charge >= 0.3 is 0 Å². The van der Waals surface area contributed by atoms with E-state index in [4.69, 9.17) is 11.6 Å². The van der Waals surface area contributed by atoms with Gasteiger partial charge in [0.2, 0.25) is 5.91 Å². The van der Waals surface area contributed by atoms with Crippen molar-refractivity contribution in [3.63, 3.8) is 0 Å². The minimum absolute atomic E-state index is 0.224. The van der Waals surface area contributed by atoms with E-state index in [2.05, 4.69) is 6.92 Å². The number of carbonyl (C=O) groups is 1. The summed E-state index contributed by atoms with van der Waals surface area (Å²) in [6.07, 6.45) is 3.93. The molecule has 1 unspecified atom stereocenters. The maximum atomic E-state index is 12.0. The normalized spacial score (nSPS) is 17.8. The third kappa shape index (κ3) is 4.45. The maximum Gasteiger partial charge on any atom is 0.222 e. The molecule has 0 bridgehead atoms. The van der Waals surface area contributed by atoms with Gasteiger partial charge < -0.3 is 10.0 Å². The molecule has 1 aromatic carbocycles. The second-order valence-electron chi connectivity index (χ2n) is 5.82. The topological polar surface area (TPSA) is 40.5 Å². The molecular formula is C17H24ClNO2. The lowest BCUT2D eigenvalue weighted by Crippen LogP contribution is -2.39. The van der Waals surface area contributed by atoms with Gasteiger partial charge in [-0.3, -0.25) is 4.79 Å². The minimum Gasteiger partial charge on any atom is -0.388 e. The van der Waals surface area contributed by atoms with Gasteiger partial charge in [-0.25, -0.2) is 0 Å². The summed E-state index contributed by atoms with van der Waals surface area (Å²) in [5.74, 6) is 0.484. The molecule has 1 heterocycles. The lowest BCUT2D eigenvalue weighted by molar-refractivity contribution is -0.133. The van der Waals surface area contributed by atoms with Gasteiger partial charge in [-0.05, 0) is 42.9 Å². The number of benzene rings is 1. The second-order valence-corrected chi connectivity index (χ2v) is 6.25. The van der Waals surface area contributed by atoms with Gasteiger partial charge in [0, 0.05) is 24.5 Å². The first-order chi connectivity index (χ1) is 10.1. The Morgan fingerprint density at radius 3 is 2.52 bits per heavy atom. The van der Waals surface area contributed by atoms with E-state index in [0.29, 0.717) is 11.4 Å². The van der Waals surface area contributed by atoms with E-state index in [1.165, 1.54) is 0 Å². The molecule has 1 aromatic rings. The third-order valence-corrected chi connectivity index (χ3v) is 4.55. The average molecular weight is 310 g/mol. The fraction of sp³-hybridized carbons (Fsp3) is 0.588. The van der Waals surface area contributed by atoms with Crippen LogP contribution in [0, 0.1) is 5.92 Å². The maximum absolute atomic E-state index is 12.0. The van der Waals surface area contributed by atoms with E-state index in [-0.39, 0.29) is 11.8 Å². The highest BCUT2D eigenvalue weighted by Gasteiger charge is 2.27. The smallest absolute Gasteiger partial charge is 0.222 e. The molecule has 0 spiro atoms. The Morgan fingerprint density at radius 1 is 1.33 bits per heavy atom. The lowest BCUT2D eigenvalue weighted by Gasteiger charge is -2.34. The fourth-order valence-corrected chi connectivity index (χ4v) is 3.01. The van der Waals surface area contributed by atoms with E-state index in [9.17, 15) is 9.90 Å². The Balaban J connectivity index is 1.85. The summed E-state index contributed by atoms with van der Waals surface area (Å²) in [5.41, 5.74) is 0.912. The van der Waals surface area contributed by atoms with Gasteiger partial charge in [0.25, 0.3) is 0 Å². The second kappa shape index (κ2) is 7.81. The SMILES string of the molecule is CCCCC(=O)N1CCC(C(O)c2ccc(Cl)cc2)CC1. The van der Waals surface area contributed by atoms with Crippen LogP contribution >= 0.6 is 11.6 Å². The number of rotatable bonds is 5. The summed E-state index contributed by atoms with van der Waals surface area (Å²) >= 11 is 5.87. The van der Waals surface area contributed by atoms with Crippen molar-refractivity contribution < 1.29 is 9.90 Å². The predicted octanol–water partition coefficient (Wildman–Crippen LogP) is 3.80. The molecule has 116 valence electrons. The first-order valence-corrected chi connectivity index (χ1v) is 8.21. The molecule has 3 nitrogen and oxygen atoms in total.